The molecule has 0 aliphatic rings. The average molecular weight is 415 g/mol. The second-order valence-corrected chi connectivity index (χ2v) is 8.28. The van der Waals surface area contributed by atoms with Crippen LogP contribution in [0.5, 0.6) is 0 Å². The van der Waals surface area contributed by atoms with Crippen molar-refractivity contribution in [1.29, 1.82) is 0 Å². The number of hydrogen-bond donors (Lipinski definition) is 1. The van der Waals surface area contributed by atoms with Gasteiger partial charge < -0.3 is 10.2 Å². The molecule has 0 radical (unpaired) electrons. The first kappa shape index (κ1) is 23.0. The molecule has 4 nitrogen and oxygen atoms in total. The van der Waals surface area contributed by atoms with Crippen LogP contribution in [-0.4, -0.2) is 28.8 Å². The highest BCUT2D eigenvalue weighted by Gasteiger charge is 2.29. The number of rotatable bonds is 8. The van der Waals surface area contributed by atoms with Gasteiger partial charge in [-0.05, 0) is 51.3 Å². The van der Waals surface area contributed by atoms with Crippen molar-refractivity contribution in [1.82, 2.24) is 10.2 Å². The minimum Gasteiger partial charge on any atom is -0.352 e. The molecule has 29 heavy (non-hydrogen) atoms. The number of amides is 2. The summed E-state index contributed by atoms with van der Waals surface area (Å²) < 4.78 is 0. The van der Waals surface area contributed by atoms with Crippen molar-refractivity contribution in [2.24, 2.45) is 0 Å². The monoisotopic (exact) mass is 414 g/mol. The fraction of sp³-hybridized carbons (Fsp3) is 0.417. The molecule has 2 aromatic rings. The highest BCUT2D eigenvalue weighted by atomic mass is 35.5. The molecule has 0 aliphatic carbocycles. The molecule has 0 spiro atoms. The van der Waals surface area contributed by atoms with E-state index in [1.165, 1.54) is 0 Å². The van der Waals surface area contributed by atoms with Crippen LogP contribution in [0.15, 0.2) is 42.5 Å². The third-order valence-electron chi connectivity index (χ3n) is 4.75. The van der Waals surface area contributed by atoms with Gasteiger partial charge in [0.15, 0.2) is 0 Å². The second-order valence-electron chi connectivity index (χ2n) is 7.87. The summed E-state index contributed by atoms with van der Waals surface area (Å²) in [5, 5.41) is 3.54. The first-order chi connectivity index (χ1) is 13.7. The molecule has 5 heteroatoms. The van der Waals surface area contributed by atoms with Crippen molar-refractivity contribution < 1.29 is 9.59 Å². The lowest BCUT2D eigenvalue weighted by molar-refractivity contribution is -0.141. The molecule has 0 saturated heterocycles. The molecule has 0 saturated carbocycles. The molecule has 2 rings (SSSR count). The van der Waals surface area contributed by atoms with E-state index in [-0.39, 0.29) is 24.3 Å². The van der Waals surface area contributed by atoms with Crippen LogP contribution in [0, 0.1) is 13.8 Å². The molecule has 1 atom stereocenters. The number of nitrogens with one attached hydrogen (secondary N) is 1. The largest absolute Gasteiger partial charge is 0.352 e. The number of hydrogen-bond acceptors (Lipinski definition) is 2. The third kappa shape index (κ3) is 6.60. The first-order valence-corrected chi connectivity index (χ1v) is 10.5. The maximum atomic E-state index is 13.3. The van der Waals surface area contributed by atoms with Crippen LogP contribution in [0.25, 0.3) is 0 Å². The van der Waals surface area contributed by atoms with E-state index in [0.29, 0.717) is 18.0 Å². The van der Waals surface area contributed by atoms with Crippen LogP contribution in [0.2, 0.25) is 5.02 Å². The predicted molar refractivity (Wildman–Crippen MR) is 119 cm³/mol. The summed E-state index contributed by atoms with van der Waals surface area (Å²) >= 11 is 6.35. The van der Waals surface area contributed by atoms with Crippen molar-refractivity contribution in [3.8, 4) is 0 Å². The van der Waals surface area contributed by atoms with Gasteiger partial charge in [0, 0.05) is 17.6 Å². The molecule has 2 aromatic carbocycles. The Kier molecular flexibility index (Phi) is 8.27. The number of nitrogens with zero attached hydrogens (tertiary/aromatic N) is 1. The summed E-state index contributed by atoms with van der Waals surface area (Å²) in [5.74, 6) is -0.219. The van der Waals surface area contributed by atoms with Crippen LogP contribution in [-0.2, 0) is 22.6 Å². The van der Waals surface area contributed by atoms with Gasteiger partial charge in [-0.1, -0.05) is 66.0 Å². The smallest absolute Gasteiger partial charge is 0.243 e. The van der Waals surface area contributed by atoms with E-state index in [1.807, 2.05) is 65.0 Å². The van der Waals surface area contributed by atoms with Crippen molar-refractivity contribution in [2.45, 2.75) is 66.1 Å². The molecular weight excluding hydrogens is 384 g/mol. The molecule has 1 N–H and O–H groups in total. The molecule has 0 fully saturated rings. The van der Waals surface area contributed by atoms with Crippen LogP contribution < -0.4 is 5.32 Å². The van der Waals surface area contributed by atoms with Crippen LogP contribution >= 0.6 is 11.6 Å². The van der Waals surface area contributed by atoms with E-state index in [9.17, 15) is 9.59 Å². The standard InChI is InChI=1S/C24H31ClN2O2/c1-6-22(24(29)26-16(2)3)27(15-20-9-7-8-10-21(20)25)23(28)14-19-12-17(4)11-18(5)13-19/h7-13,16,22H,6,14-15H2,1-5H3,(H,26,29). The molecule has 0 aliphatic heterocycles. The minimum atomic E-state index is -0.549. The van der Waals surface area contributed by atoms with Crippen LogP contribution in [0.3, 0.4) is 0 Å². The number of benzene rings is 2. The molecule has 2 amide bonds. The van der Waals surface area contributed by atoms with Gasteiger partial charge in [0.2, 0.25) is 11.8 Å². The maximum Gasteiger partial charge on any atom is 0.243 e. The Morgan fingerprint density at radius 3 is 2.24 bits per heavy atom. The topological polar surface area (TPSA) is 49.4 Å². The summed E-state index contributed by atoms with van der Waals surface area (Å²) in [6.07, 6.45) is 0.778. The maximum absolute atomic E-state index is 13.3. The zero-order valence-electron chi connectivity index (χ0n) is 18.0. The zero-order valence-corrected chi connectivity index (χ0v) is 18.7. The lowest BCUT2D eigenvalue weighted by atomic mass is 10.0. The summed E-state index contributed by atoms with van der Waals surface area (Å²) in [6, 6.07) is 13.0. The Hall–Kier alpha value is -2.33. The summed E-state index contributed by atoms with van der Waals surface area (Å²) in [5.41, 5.74) is 4.03. The summed E-state index contributed by atoms with van der Waals surface area (Å²) in [6.45, 7) is 10.1. The van der Waals surface area contributed by atoms with E-state index >= 15 is 0 Å². The van der Waals surface area contributed by atoms with E-state index in [0.717, 1.165) is 22.3 Å². The van der Waals surface area contributed by atoms with Gasteiger partial charge in [0.05, 0.1) is 6.42 Å². The average Bonchev–Trinajstić information content (AvgIpc) is 2.61. The lowest BCUT2D eigenvalue weighted by Gasteiger charge is -2.31. The SMILES string of the molecule is CCC(C(=O)NC(C)C)N(Cc1ccccc1Cl)C(=O)Cc1cc(C)cc(C)c1. The normalized spacial score (nSPS) is 12.0. The first-order valence-electron chi connectivity index (χ1n) is 10.1. The minimum absolute atomic E-state index is 0.00763. The van der Waals surface area contributed by atoms with E-state index < -0.39 is 6.04 Å². The molecule has 0 bridgehead atoms. The van der Waals surface area contributed by atoms with E-state index in [4.69, 9.17) is 11.6 Å². The predicted octanol–water partition coefficient (Wildman–Crippen LogP) is 4.83. The highest BCUT2D eigenvalue weighted by Crippen LogP contribution is 2.21. The number of halogens is 1. The second kappa shape index (κ2) is 10.4. The fourth-order valence-electron chi connectivity index (χ4n) is 3.56. The highest BCUT2D eigenvalue weighted by molar-refractivity contribution is 6.31. The van der Waals surface area contributed by atoms with Gasteiger partial charge in [-0.25, -0.2) is 0 Å². The Balaban J connectivity index is 2.35. The van der Waals surface area contributed by atoms with Gasteiger partial charge >= 0.3 is 0 Å². The fourth-order valence-corrected chi connectivity index (χ4v) is 3.75. The van der Waals surface area contributed by atoms with Crippen molar-refractivity contribution >= 4 is 23.4 Å². The Morgan fingerprint density at radius 2 is 1.69 bits per heavy atom. The third-order valence-corrected chi connectivity index (χ3v) is 5.12. The molecule has 0 heterocycles. The molecular formula is C24H31ClN2O2. The van der Waals surface area contributed by atoms with E-state index in [2.05, 4.69) is 11.4 Å². The lowest BCUT2D eigenvalue weighted by Crippen LogP contribution is -2.50. The van der Waals surface area contributed by atoms with Gasteiger partial charge in [-0.15, -0.1) is 0 Å². The number of carbonyl (C=O) groups excluding carboxylic acids is 2. The van der Waals surface area contributed by atoms with Gasteiger partial charge in [-0.2, -0.15) is 0 Å². The number of carbonyl (C=O) groups is 2. The Morgan fingerprint density at radius 1 is 1.07 bits per heavy atom. The van der Waals surface area contributed by atoms with Crippen LogP contribution in [0.1, 0.15) is 49.4 Å². The molecule has 156 valence electrons. The quantitative estimate of drug-likeness (QED) is 0.672. The van der Waals surface area contributed by atoms with E-state index in [1.54, 1.807) is 11.0 Å². The molecule has 1 unspecified atom stereocenters. The van der Waals surface area contributed by atoms with Crippen molar-refractivity contribution in [3.05, 3.63) is 69.7 Å². The zero-order chi connectivity index (χ0) is 21.6. The molecule has 0 aromatic heterocycles. The van der Waals surface area contributed by atoms with Gasteiger partial charge in [-0.3, -0.25) is 9.59 Å². The Labute approximate surface area is 179 Å². The van der Waals surface area contributed by atoms with Crippen molar-refractivity contribution in [3.63, 3.8) is 0 Å². The summed E-state index contributed by atoms with van der Waals surface area (Å²) in [4.78, 5) is 27.8. The van der Waals surface area contributed by atoms with Crippen LogP contribution in [0.4, 0.5) is 0 Å². The van der Waals surface area contributed by atoms with Gasteiger partial charge in [0.25, 0.3) is 0 Å². The number of aryl methyl sites for hydroxylation is 2. The van der Waals surface area contributed by atoms with Gasteiger partial charge in [0.1, 0.15) is 6.04 Å². The Bertz CT molecular complexity index is 843. The summed E-state index contributed by atoms with van der Waals surface area (Å²) in [7, 11) is 0. The van der Waals surface area contributed by atoms with Crippen molar-refractivity contribution in [2.75, 3.05) is 0 Å².